The van der Waals surface area contributed by atoms with Gasteiger partial charge in [-0.25, -0.2) is 4.39 Å². The fraction of sp³-hybridized carbons (Fsp3) is 0.263. The van der Waals surface area contributed by atoms with Crippen LogP contribution in [0, 0.1) is 5.82 Å². The van der Waals surface area contributed by atoms with E-state index in [2.05, 4.69) is 10.6 Å². The Morgan fingerprint density at radius 2 is 1.65 bits per heavy atom. The van der Waals surface area contributed by atoms with Crippen LogP contribution in [-0.4, -0.2) is 23.3 Å². The van der Waals surface area contributed by atoms with Gasteiger partial charge in [0.15, 0.2) is 0 Å². The first kappa shape index (κ1) is 20.3. The predicted molar refractivity (Wildman–Crippen MR) is 105 cm³/mol. The molecule has 2 amide bonds. The average molecular weight is 395 g/mol. The van der Waals surface area contributed by atoms with Crippen LogP contribution < -0.4 is 10.6 Å². The number of anilines is 1. The molecule has 1 atom stereocenters. The summed E-state index contributed by atoms with van der Waals surface area (Å²) < 4.78 is 12.8. The number of hydrogen-bond acceptors (Lipinski definition) is 3. The molecule has 0 aliphatic carbocycles. The quantitative estimate of drug-likeness (QED) is 0.696. The van der Waals surface area contributed by atoms with Gasteiger partial charge in [0.1, 0.15) is 5.82 Å². The second-order valence-electron chi connectivity index (χ2n) is 5.63. The van der Waals surface area contributed by atoms with E-state index in [1.54, 1.807) is 12.1 Å². The van der Waals surface area contributed by atoms with E-state index in [0.29, 0.717) is 10.7 Å². The molecule has 2 N–H and O–H groups in total. The van der Waals surface area contributed by atoms with Gasteiger partial charge in [0.25, 0.3) is 0 Å². The van der Waals surface area contributed by atoms with Gasteiger partial charge >= 0.3 is 0 Å². The zero-order valence-electron chi connectivity index (χ0n) is 14.3. The third-order valence-corrected chi connectivity index (χ3v) is 4.79. The third kappa shape index (κ3) is 6.69. The van der Waals surface area contributed by atoms with Gasteiger partial charge in [0, 0.05) is 10.7 Å². The molecule has 0 spiro atoms. The van der Waals surface area contributed by atoms with Crippen molar-refractivity contribution in [2.45, 2.75) is 19.4 Å². The molecule has 0 aromatic heterocycles. The first-order valence-electron chi connectivity index (χ1n) is 8.16. The molecule has 0 aliphatic heterocycles. The summed E-state index contributed by atoms with van der Waals surface area (Å²) in [5.74, 6) is -0.408. The maximum Gasteiger partial charge on any atom is 0.234 e. The highest BCUT2D eigenvalue weighted by Gasteiger charge is 2.13. The Labute approximate surface area is 161 Å². The number of halogens is 2. The van der Waals surface area contributed by atoms with Crippen LogP contribution in [0.15, 0.2) is 48.5 Å². The maximum atomic E-state index is 12.8. The van der Waals surface area contributed by atoms with Crippen LogP contribution >= 0.6 is 23.4 Å². The molecule has 4 nitrogen and oxygen atoms in total. The van der Waals surface area contributed by atoms with Crippen molar-refractivity contribution in [3.8, 4) is 0 Å². The summed E-state index contributed by atoms with van der Waals surface area (Å²) in [6.45, 7) is 1.99. The Morgan fingerprint density at radius 3 is 2.27 bits per heavy atom. The highest BCUT2D eigenvalue weighted by Crippen LogP contribution is 2.19. The first-order chi connectivity index (χ1) is 12.5. The lowest BCUT2D eigenvalue weighted by Gasteiger charge is -2.17. The van der Waals surface area contributed by atoms with Crippen molar-refractivity contribution in [1.29, 1.82) is 0 Å². The van der Waals surface area contributed by atoms with E-state index < -0.39 is 0 Å². The van der Waals surface area contributed by atoms with E-state index in [-0.39, 0.29) is 35.2 Å². The van der Waals surface area contributed by atoms with Gasteiger partial charge in [-0.1, -0.05) is 30.7 Å². The van der Waals surface area contributed by atoms with Crippen molar-refractivity contribution in [2.24, 2.45) is 0 Å². The van der Waals surface area contributed by atoms with E-state index in [1.165, 1.54) is 36.0 Å². The van der Waals surface area contributed by atoms with Crippen molar-refractivity contribution >= 4 is 40.9 Å². The van der Waals surface area contributed by atoms with Gasteiger partial charge in [-0.3, -0.25) is 9.59 Å². The third-order valence-electron chi connectivity index (χ3n) is 3.61. The van der Waals surface area contributed by atoms with E-state index in [9.17, 15) is 14.0 Å². The Kier molecular flexibility index (Phi) is 7.94. The maximum absolute atomic E-state index is 12.8. The molecule has 2 rings (SSSR count). The van der Waals surface area contributed by atoms with Gasteiger partial charge in [0.05, 0.1) is 17.5 Å². The summed E-state index contributed by atoms with van der Waals surface area (Å²) >= 11 is 7.10. The lowest BCUT2D eigenvalue weighted by molar-refractivity contribution is -0.119. The van der Waals surface area contributed by atoms with Crippen molar-refractivity contribution in [1.82, 2.24) is 5.32 Å². The molecule has 0 bridgehead atoms. The van der Waals surface area contributed by atoms with E-state index >= 15 is 0 Å². The van der Waals surface area contributed by atoms with Crippen LogP contribution in [0.3, 0.4) is 0 Å². The standard InChI is InChI=1S/C19H20ClFN2O2S/c1-2-17(13-3-5-14(20)6-4-13)23-19(25)12-26-11-18(24)22-16-9-7-15(21)8-10-16/h3-10,17H,2,11-12H2,1H3,(H,22,24)(H,23,25). The molecule has 0 saturated heterocycles. The van der Waals surface area contributed by atoms with Crippen LogP contribution in [0.1, 0.15) is 24.9 Å². The summed E-state index contributed by atoms with van der Waals surface area (Å²) in [7, 11) is 0. The number of carbonyl (C=O) groups is 2. The number of carbonyl (C=O) groups excluding carboxylic acids is 2. The minimum Gasteiger partial charge on any atom is -0.349 e. The highest BCUT2D eigenvalue weighted by molar-refractivity contribution is 8.00. The molecule has 0 heterocycles. The molecule has 1 unspecified atom stereocenters. The van der Waals surface area contributed by atoms with Crippen molar-refractivity contribution in [3.63, 3.8) is 0 Å². The zero-order chi connectivity index (χ0) is 18.9. The zero-order valence-corrected chi connectivity index (χ0v) is 15.9. The topological polar surface area (TPSA) is 58.2 Å². The summed E-state index contributed by atoms with van der Waals surface area (Å²) in [5, 5.41) is 6.26. The molecular formula is C19H20ClFN2O2S. The molecule has 26 heavy (non-hydrogen) atoms. The molecule has 7 heteroatoms. The Morgan fingerprint density at radius 1 is 1.04 bits per heavy atom. The second-order valence-corrected chi connectivity index (χ2v) is 7.05. The van der Waals surface area contributed by atoms with E-state index in [1.807, 2.05) is 19.1 Å². The molecular weight excluding hydrogens is 375 g/mol. The van der Waals surface area contributed by atoms with Crippen LogP contribution in [0.4, 0.5) is 10.1 Å². The van der Waals surface area contributed by atoms with Gasteiger partial charge in [0.2, 0.25) is 11.8 Å². The van der Waals surface area contributed by atoms with Crippen LogP contribution in [0.25, 0.3) is 0 Å². The summed E-state index contributed by atoms with van der Waals surface area (Å²) in [6, 6.07) is 12.8. The summed E-state index contributed by atoms with van der Waals surface area (Å²) in [4.78, 5) is 23.9. The second kappa shape index (κ2) is 10.2. The van der Waals surface area contributed by atoms with Crippen LogP contribution in [0.2, 0.25) is 5.02 Å². The van der Waals surface area contributed by atoms with Gasteiger partial charge in [-0.2, -0.15) is 0 Å². The average Bonchev–Trinajstić information content (AvgIpc) is 2.62. The predicted octanol–water partition coefficient (Wildman–Crippen LogP) is 4.42. The van der Waals surface area contributed by atoms with Gasteiger partial charge < -0.3 is 10.6 Å². The largest absolute Gasteiger partial charge is 0.349 e. The van der Waals surface area contributed by atoms with Crippen molar-refractivity contribution in [3.05, 3.63) is 64.9 Å². The normalized spacial score (nSPS) is 11.7. The summed E-state index contributed by atoms with van der Waals surface area (Å²) in [5.41, 5.74) is 1.51. The number of nitrogens with one attached hydrogen (secondary N) is 2. The lowest BCUT2D eigenvalue weighted by atomic mass is 10.0. The molecule has 0 radical (unpaired) electrons. The van der Waals surface area contributed by atoms with Gasteiger partial charge in [-0.05, 0) is 48.4 Å². The monoisotopic (exact) mass is 394 g/mol. The number of thioether (sulfide) groups is 1. The van der Waals surface area contributed by atoms with E-state index in [0.717, 1.165) is 12.0 Å². The van der Waals surface area contributed by atoms with Crippen LogP contribution in [-0.2, 0) is 9.59 Å². The number of benzene rings is 2. The fourth-order valence-electron chi connectivity index (χ4n) is 2.32. The molecule has 0 fully saturated rings. The number of amides is 2. The highest BCUT2D eigenvalue weighted by atomic mass is 35.5. The Bertz CT molecular complexity index is 738. The van der Waals surface area contributed by atoms with Gasteiger partial charge in [-0.15, -0.1) is 11.8 Å². The molecule has 2 aromatic rings. The fourth-order valence-corrected chi connectivity index (χ4v) is 3.07. The van der Waals surface area contributed by atoms with Crippen molar-refractivity contribution in [2.75, 3.05) is 16.8 Å². The summed E-state index contributed by atoms with van der Waals surface area (Å²) in [6.07, 6.45) is 0.753. The SMILES string of the molecule is CCC(NC(=O)CSCC(=O)Nc1ccc(F)cc1)c1ccc(Cl)cc1. The Balaban J connectivity index is 1.74. The number of rotatable bonds is 8. The number of hydrogen-bond donors (Lipinski definition) is 2. The Hall–Kier alpha value is -2.05. The molecule has 0 aliphatic rings. The van der Waals surface area contributed by atoms with Crippen molar-refractivity contribution < 1.29 is 14.0 Å². The van der Waals surface area contributed by atoms with Crippen LogP contribution in [0.5, 0.6) is 0 Å². The lowest BCUT2D eigenvalue weighted by Crippen LogP contribution is -2.30. The minimum atomic E-state index is -0.361. The molecule has 0 saturated carbocycles. The first-order valence-corrected chi connectivity index (χ1v) is 9.69. The minimum absolute atomic E-state index is 0.0894. The molecule has 2 aromatic carbocycles. The van der Waals surface area contributed by atoms with E-state index in [4.69, 9.17) is 11.6 Å². The smallest absolute Gasteiger partial charge is 0.234 e. The molecule has 138 valence electrons.